The molecular weight excluding hydrogens is 378 g/mol. The van der Waals surface area contributed by atoms with Gasteiger partial charge in [-0.15, -0.1) is 0 Å². The molecule has 2 heterocycles. The Bertz CT molecular complexity index is 889. The summed E-state index contributed by atoms with van der Waals surface area (Å²) in [5, 5.41) is 3.02. The number of nitrogens with one attached hydrogen (secondary N) is 1. The predicted octanol–water partition coefficient (Wildman–Crippen LogP) is 3.94. The van der Waals surface area contributed by atoms with Crippen molar-refractivity contribution in [2.45, 2.75) is 45.3 Å². The van der Waals surface area contributed by atoms with Crippen molar-refractivity contribution in [3.8, 4) is 0 Å². The average molecular weight is 402 g/mol. The van der Waals surface area contributed by atoms with E-state index in [1.807, 2.05) is 38.1 Å². The first-order valence-corrected chi connectivity index (χ1v) is 9.69. The van der Waals surface area contributed by atoms with E-state index in [1.54, 1.807) is 12.4 Å². The second-order valence-corrected chi connectivity index (χ2v) is 8.06. The Morgan fingerprint density at radius 3 is 2.55 bits per heavy atom. The van der Waals surface area contributed by atoms with Gasteiger partial charge in [0.2, 0.25) is 5.95 Å². The molecule has 0 bridgehead atoms. The fourth-order valence-corrected chi connectivity index (χ4v) is 3.87. The predicted molar refractivity (Wildman–Crippen MR) is 104 cm³/mol. The number of hydrogen-bond acceptors (Lipinski definition) is 5. The minimum atomic E-state index is -3.00. The van der Waals surface area contributed by atoms with Crippen LogP contribution in [0.2, 0.25) is 0 Å². The first kappa shape index (κ1) is 19.5. The van der Waals surface area contributed by atoms with Crippen LogP contribution in [0, 0.1) is 19.3 Å². The molecule has 8 heteroatoms. The number of carbonyl (C=O) groups excluding carboxylic acids is 1. The van der Waals surface area contributed by atoms with Crippen molar-refractivity contribution in [3.05, 3.63) is 53.3 Å². The van der Waals surface area contributed by atoms with Crippen molar-refractivity contribution >= 4 is 12.0 Å². The van der Waals surface area contributed by atoms with Crippen LogP contribution in [0.5, 0.6) is 0 Å². The molecule has 1 N–H and O–H groups in total. The lowest BCUT2D eigenvalue weighted by Gasteiger charge is -2.38. The molecule has 1 saturated carbocycles. The van der Waals surface area contributed by atoms with Crippen molar-refractivity contribution in [2.75, 3.05) is 18.4 Å². The van der Waals surface area contributed by atoms with E-state index in [4.69, 9.17) is 4.74 Å². The molecule has 1 aliphatic heterocycles. The molecular formula is C21H24F2N4O2. The van der Waals surface area contributed by atoms with Crippen molar-refractivity contribution in [2.24, 2.45) is 5.41 Å². The summed E-state index contributed by atoms with van der Waals surface area (Å²) in [7, 11) is 0. The topological polar surface area (TPSA) is 67.3 Å². The fourth-order valence-electron chi connectivity index (χ4n) is 3.87. The van der Waals surface area contributed by atoms with Gasteiger partial charge in [0.25, 0.3) is 5.92 Å². The molecule has 2 atom stereocenters. The number of halogens is 2. The third kappa shape index (κ3) is 3.88. The van der Waals surface area contributed by atoms with E-state index >= 15 is 0 Å². The van der Waals surface area contributed by atoms with Gasteiger partial charge in [0.1, 0.15) is 6.61 Å². The Hall–Kier alpha value is -2.77. The van der Waals surface area contributed by atoms with Gasteiger partial charge in [-0.25, -0.2) is 23.5 Å². The summed E-state index contributed by atoms with van der Waals surface area (Å²) < 4.78 is 35.1. The number of aryl methyl sites for hydroxylation is 2. The fraction of sp³-hybridized carbons (Fsp3) is 0.476. The van der Waals surface area contributed by atoms with Gasteiger partial charge in [0, 0.05) is 25.0 Å². The van der Waals surface area contributed by atoms with Crippen LogP contribution in [-0.2, 0) is 11.3 Å². The zero-order chi connectivity index (χ0) is 20.6. The summed E-state index contributed by atoms with van der Waals surface area (Å²) in [5.41, 5.74) is 1.68. The number of hydrogen-bond donors (Lipinski definition) is 1. The molecule has 6 nitrogen and oxygen atoms in total. The molecule has 2 unspecified atom stereocenters. The number of anilines is 1. The molecule has 2 aliphatic rings. The number of benzene rings is 1. The van der Waals surface area contributed by atoms with Crippen LogP contribution in [0.15, 0.2) is 36.7 Å². The summed E-state index contributed by atoms with van der Waals surface area (Å²) >= 11 is 0. The minimum Gasteiger partial charge on any atom is -0.445 e. The zero-order valence-electron chi connectivity index (χ0n) is 16.5. The number of ether oxygens (including phenoxy) is 1. The Morgan fingerprint density at radius 1 is 1.21 bits per heavy atom. The number of likely N-dealkylation sites (tertiary alicyclic amines) is 1. The number of carbonyl (C=O) groups is 1. The molecule has 1 saturated heterocycles. The number of rotatable bonds is 4. The normalized spacial score (nSPS) is 25.0. The van der Waals surface area contributed by atoms with Crippen molar-refractivity contribution in [1.82, 2.24) is 14.9 Å². The standard InChI is InChI=1S/C21H24F2N4O2/c1-14-3-5-16(6-4-14)12-29-19(28)27-8-7-20(21(22,23)13-27)9-17(20)26-18-24-10-15(2)11-25-18/h3-6,10-11,17H,7-9,12-13H2,1-2H3,(H,24,25,26). The molecule has 154 valence electrons. The molecule has 4 rings (SSSR count). The minimum absolute atomic E-state index is 0.0707. The maximum absolute atomic E-state index is 14.9. The van der Waals surface area contributed by atoms with E-state index in [9.17, 15) is 13.6 Å². The summed E-state index contributed by atoms with van der Waals surface area (Å²) in [5.74, 6) is -2.65. The van der Waals surface area contributed by atoms with Gasteiger partial charge >= 0.3 is 6.09 Å². The second kappa shape index (κ2) is 7.24. The summed E-state index contributed by atoms with van der Waals surface area (Å²) in [6, 6.07) is 7.15. The van der Waals surface area contributed by atoms with E-state index in [0.717, 1.165) is 21.6 Å². The molecule has 29 heavy (non-hydrogen) atoms. The molecule has 2 fully saturated rings. The molecule has 1 spiro atoms. The number of piperidine rings is 1. The number of aromatic nitrogens is 2. The third-order valence-corrected chi connectivity index (χ3v) is 5.85. The summed E-state index contributed by atoms with van der Waals surface area (Å²) in [6.07, 6.45) is 3.14. The van der Waals surface area contributed by atoms with Gasteiger partial charge in [-0.1, -0.05) is 29.8 Å². The molecule has 0 radical (unpaired) electrons. The quantitative estimate of drug-likeness (QED) is 0.839. The van der Waals surface area contributed by atoms with Crippen LogP contribution in [0.25, 0.3) is 0 Å². The Morgan fingerprint density at radius 2 is 1.90 bits per heavy atom. The van der Waals surface area contributed by atoms with Gasteiger partial charge < -0.3 is 15.0 Å². The lowest BCUT2D eigenvalue weighted by molar-refractivity contribution is -0.121. The van der Waals surface area contributed by atoms with E-state index in [0.29, 0.717) is 12.4 Å². The van der Waals surface area contributed by atoms with Crippen LogP contribution in [-0.4, -0.2) is 46.0 Å². The first-order valence-electron chi connectivity index (χ1n) is 9.69. The highest BCUT2D eigenvalue weighted by Crippen LogP contribution is 2.62. The molecule has 2 aromatic rings. The van der Waals surface area contributed by atoms with Crippen molar-refractivity contribution in [1.29, 1.82) is 0 Å². The Kier molecular flexibility index (Phi) is 4.88. The lowest BCUT2D eigenvalue weighted by Crippen LogP contribution is -2.53. The van der Waals surface area contributed by atoms with E-state index in [1.165, 1.54) is 0 Å². The zero-order valence-corrected chi connectivity index (χ0v) is 16.5. The van der Waals surface area contributed by atoms with E-state index < -0.39 is 30.0 Å². The highest BCUT2D eigenvalue weighted by atomic mass is 19.3. The van der Waals surface area contributed by atoms with Crippen molar-refractivity contribution < 1.29 is 18.3 Å². The second-order valence-electron chi connectivity index (χ2n) is 8.06. The summed E-state index contributed by atoms with van der Waals surface area (Å²) in [6.45, 7) is 3.51. The first-order chi connectivity index (χ1) is 13.8. The van der Waals surface area contributed by atoms with Gasteiger partial charge in [-0.2, -0.15) is 0 Å². The average Bonchev–Trinajstić information content (AvgIpc) is 3.39. The molecule has 1 aliphatic carbocycles. The van der Waals surface area contributed by atoms with Crippen LogP contribution in [0.4, 0.5) is 19.5 Å². The number of nitrogens with zero attached hydrogens (tertiary/aromatic N) is 3. The third-order valence-electron chi connectivity index (χ3n) is 5.85. The van der Waals surface area contributed by atoms with E-state index in [2.05, 4.69) is 15.3 Å². The molecule has 1 amide bonds. The Balaban J connectivity index is 1.33. The maximum Gasteiger partial charge on any atom is 0.410 e. The van der Waals surface area contributed by atoms with Crippen LogP contribution >= 0.6 is 0 Å². The van der Waals surface area contributed by atoms with Gasteiger partial charge in [0.15, 0.2) is 0 Å². The van der Waals surface area contributed by atoms with Gasteiger partial charge in [-0.3, -0.25) is 0 Å². The van der Waals surface area contributed by atoms with Crippen LogP contribution < -0.4 is 5.32 Å². The monoisotopic (exact) mass is 402 g/mol. The van der Waals surface area contributed by atoms with Gasteiger partial charge in [-0.05, 0) is 37.8 Å². The SMILES string of the molecule is Cc1ccc(COC(=O)N2CCC3(CC3Nc3ncc(C)cn3)C(F)(F)C2)cc1. The number of alkyl halides is 2. The number of amides is 1. The largest absolute Gasteiger partial charge is 0.445 e. The van der Waals surface area contributed by atoms with Crippen molar-refractivity contribution in [3.63, 3.8) is 0 Å². The van der Waals surface area contributed by atoms with E-state index in [-0.39, 0.29) is 19.6 Å². The summed E-state index contributed by atoms with van der Waals surface area (Å²) in [4.78, 5) is 21.7. The van der Waals surface area contributed by atoms with Crippen LogP contribution in [0.1, 0.15) is 29.5 Å². The molecule has 1 aromatic heterocycles. The highest BCUT2D eigenvalue weighted by molar-refractivity contribution is 5.68. The maximum atomic E-state index is 14.9. The molecule has 1 aromatic carbocycles. The highest BCUT2D eigenvalue weighted by Gasteiger charge is 2.71. The van der Waals surface area contributed by atoms with Gasteiger partial charge in [0.05, 0.1) is 12.0 Å². The lowest BCUT2D eigenvalue weighted by atomic mass is 9.88. The van der Waals surface area contributed by atoms with Crippen LogP contribution in [0.3, 0.4) is 0 Å². The smallest absolute Gasteiger partial charge is 0.410 e. The Labute approximate surface area is 168 Å².